The molecule has 1 heterocycles. The highest BCUT2D eigenvalue weighted by atomic mass is 19.4. The van der Waals surface area contributed by atoms with E-state index in [9.17, 15) is 32.8 Å². The predicted octanol–water partition coefficient (Wildman–Crippen LogP) is 2.97. The Hall–Kier alpha value is -5.03. The lowest BCUT2D eigenvalue weighted by Crippen LogP contribution is -2.34. The van der Waals surface area contributed by atoms with Crippen molar-refractivity contribution in [2.45, 2.75) is 13.3 Å². The summed E-state index contributed by atoms with van der Waals surface area (Å²) >= 11 is 0. The van der Waals surface area contributed by atoms with Crippen molar-refractivity contribution in [3.05, 3.63) is 95.8 Å². The summed E-state index contributed by atoms with van der Waals surface area (Å²) in [7, 11) is -1.66. The van der Waals surface area contributed by atoms with Crippen molar-refractivity contribution in [1.29, 1.82) is 0 Å². The fourth-order valence-electron chi connectivity index (χ4n) is 4.35. The number of halogens is 3. The molecule has 48 heavy (non-hydrogen) atoms. The number of ether oxygens (including phenoxy) is 3. The number of aryl methyl sites for hydroxylation is 1. The topological polar surface area (TPSA) is 164 Å². The smallest absolute Gasteiger partial charge is 0.423 e. The molecule has 2 amide bonds. The quantitative estimate of drug-likeness (QED) is 0.0887. The van der Waals surface area contributed by atoms with Crippen molar-refractivity contribution in [1.82, 2.24) is 20.6 Å². The van der Waals surface area contributed by atoms with Crippen LogP contribution >= 0.6 is 0 Å². The average molecular weight is 667 g/mol. The Morgan fingerprint density at radius 2 is 1.46 bits per heavy atom. The summed E-state index contributed by atoms with van der Waals surface area (Å²) in [6, 6.07) is 18.3. The van der Waals surface area contributed by atoms with Gasteiger partial charge >= 0.3 is 13.5 Å². The monoisotopic (exact) mass is 667 g/mol. The largest absolute Gasteiger partial charge is 0.573 e. The zero-order valence-electron chi connectivity index (χ0n) is 25.8. The van der Waals surface area contributed by atoms with Gasteiger partial charge in [-0.2, -0.15) is 0 Å². The highest BCUT2D eigenvalue weighted by Gasteiger charge is 2.31. The van der Waals surface area contributed by atoms with Crippen LogP contribution in [0.15, 0.2) is 79.1 Å². The average Bonchev–Trinajstić information content (AvgIpc) is 3.06. The van der Waals surface area contributed by atoms with Crippen LogP contribution in [0.1, 0.15) is 26.3 Å². The standard InChI is InChI=1S/C32H33BF3N5O7/c1-21-5-6-24(18-27(21)33(44)45)31(43)38-12-14-47-16-15-46-13-11-37-30(42)23-4-2-3-22(17-23)28-19-29(40-20-39-28)41-25-7-9-26(10-8-25)48-32(34,35)36/h2-10,17-20,44-45H,11-16H2,1H3,(H,37,42)(H,38,43)(H,39,40,41). The number of hydrogen-bond acceptors (Lipinski definition) is 10. The molecule has 0 spiro atoms. The lowest BCUT2D eigenvalue weighted by molar-refractivity contribution is -0.274. The Bertz CT molecular complexity index is 1680. The van der Waals surface area contributed by atoms with Gasteiger partial charge in [-0.15, -0.1) is 13.2 Å². The van der Waals surface area contributed by atoms with Crippen LogP contribution in [-0.2, 0) is 9.47 Å². The maximum atomic E-state index is 12.7. The molecule has 1 aromatic heterocycles. The van der Waals surface area contributed by atoms with Gasteiger partial charge in [0, 0.05) is 41.5 Å². The Balaban J connectivity index is 1.13. The first-order chi connectivity index (χ1) is 23.0. The Morgan fingerprint density at radius 3 is 2.08 bits per heavy atom. The summed E-state index contributed by atoms with van der Waals surface area (Å²) in [5.41, 5.74) is 3.31. The van der Waals surface area contributed by atoms with E-state index in [1.54, 1.807) is 49.4 Å². The normalized spacial score (nSPS) is 11.1. The highest BCUT2D eigenvalue weighted by Crippen LogP contribution is 2.26. The predicted molar refractivity (Wildman–Crippen MR) is 171 cm³/mol. The number of carbonyl (C=O) groups excluding carboxylic acids is 2. The molecular formula is C32H33BF3N5O7. The van der Waals surface area contributed by atoms with Gasteiger partial charge in [0.05, 0.1) is 32.1 Å². The summed E-state index contributed by atoms with van der Waals surface area (Å²) in [5.74, 6) is -0.617. The molecule has 0 aliphatic rings. The van der Waals surface area contributed by atoms with E-state index in [2.05, 4.69) is 30.7 Å². The second-order valence-electron chi connectivity index (χ2n) is 10.2. The first-order valence-electron chi connectivity index (χ1n) is 14.7. The Labute approximate surface area is 274 Å². The van der Waals surface area contributed by atoms with E-state index in [0.717, 1.165) is 0 Å². The summed E-state index contributed by atoms with van der Waals surface area (Å²) < 4.78 is 52.0. The highest BCUT2D eigenvalue weighted by molar-refractivity contribution is 6.59. The lowest BCUT2D eigenvalue weighted by Gasteiger charge is -2.11. The molecule has 12 nitrogen and oxygen atoms in total. The van der Waals surface area contributed by atoms with Crippen LogP contribution < -0.4 is 26.2 Å². The zero-order chi connectivity index (χ0) is 34.5. The van der Waals surface area contributed by atoms with E-state index in [1.807, 2.05) is 0 Å². The fraction of sp³-hybridized carbons (Fsp3) is 0.250. The molecule has 252 valence electrons. The summed E-state index contributed by atoms with van der Waals surface area (Å²) in [6.45, 7) is 3.30. The molecule has 0 bridgehead atoms. The molecule has 0 aliphatic heterocycles. The molecule has 0 aliphatic carbocycles. The van der Waals surface area contributed by atoms with Crippen LogP contribution in [0.4, 0.5) is 24.7 Å². The molecule has 0 saturated heterocycles. The minimum atomic E-state index is -4.78. The van der Waals surface area contributed by atoms with Crippen LogP contribution in [-0.4, -0.2) is 84.8 Å². The summed E-state index contributed by atoms with van der Waals surface area (Å²) in [4.78, 5) is 33.4. The van der Waals surface area contributed by atoms with Crippen LogP contribution in [0, 0.1) is 6.92 Å². The first kappa shape index (κ1) is 35.8. The van der Waals surface area contributed by atoms with E-state index in [4.69, 9.17) is 9.47 Å². The summed E-state index contributed by atoms with van der Waals surface area (Å²) in [5, 5.41) is 27.3. The van der Waals surface area contributed by atoms with E-state index in [-0.39, 0.29) is 62.5 Å². The second-order valence-corrected chi connectivity index (χ2v) is 10.2. The molecule has 0 fully saturated rings. The molecular weight excluding hydrogens is 634 g/mol. The molecule has 0 unspecified atom stereocenters. The number of anilines is 2. The molecule has 4 rings (SSSR count). The van der Waals surface area contributed by atoms with Gasteiger partial charge in [0.1, 0.15) is 17.9 Å². The van der Waals surface area contributed by atoms with Crippen molar-refractivity contribution in [2.24, 2.45) is 0 Å². The number of rotatable bonds is 16. The van der Waals surface area contributed by atoms with Gasteiger partial charge in [-0.25, -0.2) is 9.97 Å². The number of hydrogen-bond donors (Lipinski definition) is 5. The van der Waals surface area contributed by atoms with Gasteiger partial charge in [0.2, 0.25) is 0 Å². The summed E-state index contributed by atoms with van der Waals surface area (Å²) in [6.07, 6.45) is -3.45. The number of nitrogens with zero attached hydrogens (tertiary/aromatic N) is 2. The van der Waals surface area contributed by atoms with Gasteiger partial charge in [-0.05, 0) is 60.9 Å². The number of amides is 2. The molecule has 0 radical (unpaired) electrons. The van der Waals surface area contributed by atoms with Crippen molar-refractivity contribution in [3.63, 3.8) is 0 Å². The molecule has 0 saturated carbocycles. The number of benzene rings is 3. The van der Waals surface area contributed by atoms with Gasteiger partial charge in [0.15, 0.2) is 0 Å². The van der Waals surface area contributed by atoms with Gasteiger partial charge in [0.25, 0.3) is 11.8 Å². The number of aromatic nitrogens is 2. The van der Waals surface area contributed by atoms with Crippen LogP contribution in [0.2, 0.25) is 0 Å². The lowest BCUT2D eigenvalue weighted by atomic mass is 9.76. The SMILES string of the molecule is Cc1ccc(C(=O)NCCOCCOCCNC(=O)c2cccc(-c3cc(Nc4ccc(OC(F)(F)F)cc4)ncn3)c2)cc1B(O)O. The van der Waals surface area contributed by atoms with Gasteiger partial charge in [-0.3, -0.25) is 9.59 Å². The third-order valence-corrected chi connectivity index (χ3v) is 6.70. The maximum absolute atomic E-state index is 12.7. The second kappa shape index (κ2) is 17.2. The van der Waals surface area contributed by atoms with Gasteiger partial charge < -0.3 is 40.2 Å². The minimum absolute atomic E-state index is 0.251. The minimum Gasteiger partial charge on any atom is -0.423 e. The Morgan fingerprint density at radius 1 is 0.812 bits per heavy atom. The number of nitrogens with one attached hydrogen (secondary N) is 3. The van der Waals surface area contributed by atoms with E-state index >= 15 is 0 Å². The number of carbonyl (C=O) groups is 2. The van der Waals surface area contributed by atoms with E-state index in [1.165, 1.54) is 36.7 Å². The molecule has 5 N–H and O–H groups in total. The number of alkyl halides is 3. The van der Waals surface area contributed by atoms with E-state index < -0.39 is 13.5 Å². The maximum Gasteiger partial charge on any atom is 0.573 e. The van der Waals surface area contributed by atoms with Crippen molar-refractivity contribution in [2.75, 3.05) is 44.8 Å². The fourth-order valence-corrected chi connectivity index (χ4v) is 4.35. The van der Waals surface area contributed by atoms with Crippen molar-refractivity contribution in [3.8, 4) is 17.0 Å². The molecule has 16 heteroatoms. The van der Waals surface area contributed by atoms with Crippen molar-refractivity contribution >= 4 is 35.9 Å². The third-order valence-electron chi connectivity index (χ3n) is 6.70. The van der Waals surface area contributed by atoms with Crippen molar-refractivity contribution < 1.29 is 47.0 Å². The van der Waals surface area contributed by atoms with Crippen LogP contribution in [0.3, 0.4) is 0 Å². The first-order valence-corrected chi connectivity index (χ1v) is 14.7. The Kier molecular flexibility index (Phi) is 12.9. The van der Waals surface area contributed by atoms with Crippen LogP contribution in [0.25, 0.3) is 11.3 Å². The molecule has 3 aromatic carbocycles. The molecule has 4 aromatic rings. The van der Waals surface area contributed by atoms with E-state index in [0.29, 0.717) is 39.5 Å². The zero-order valence-corrected chi connectivity index (χ0v) is 25.8. The molecule has 0 atom stereocenters. The van der Waals surface area contributed by atoms with Crippen LogP contribution in [0.5, 0.6) is 5.75 Å². The third kappa shape index (κ3) is 11.3. The van der Waals surface area contributed by atoms with Gasteiger partial charge in [-0.1, -0.05) is 23.8 Å².